The number of halogens is 3. The number of aromatic hydroxyl groups is 1. The third kappa shape index (κ3) is 3.80. The summed E-state index contributed by atoms with van der Waals surface area (Å²) in [6.07, 6.45) is 0.166. The molecule has 2 aromatic carbocycles. The summed E-state index contributed by atoms with van der Waals surface area (Å²) in [5, 5.41) is 10.4. The number of hydrogen-bond donors (Lipinski definition) is 3. The topological polar surface area (TPSA) is 98.6 Å². The van der Waals surface area contributed by atoms with Crippen LogP contribution in [0.5, 0.6) is 11.5 Å². The van der Waals surface area contributed by atoms with Gasteiger partial charge in [0.1, 0.15) is 16.5 Å². The Morgan fingerprint density at radius 3 is 2.60 bits per heavy atom. The smallest absolute Gasteiger partial charge is 0.258 e. The number of hydrogen-bond acceptors (Lipinski definition) is 4. The van der Waals surface area contributed by atoms with Gasteiger partial charge in [-0.2, -0.15) is 0 Å². The molecule has 0 saturated carbocycles. The SMILES string of the molecule is Cl.NCc1cc(Cc2cc3c(c(Cl)c2Cl)OC(C(N)=O)C3)ccc1O. The van der Waals surface area contributed by atoms with E-state index in [0.29, 0.717) is 29.2 Å². The molecule has 1 aliphatic rings. The average molecular weight is 404 g/mol. The maximum Gasteiger partial charge on any atom is 0.258 e. The van der Waals surface area contributed by atoms with E-state index in [4.69, 9.17) is 39.4 Å². The zero-order chi connectivity index (χ0) is 17.4. The second-order valence-electron chi connectivity index (χ2n) is 5.71. The molecule has 25 heavy (non-hydrogen) atoms. The lowest BCUT2D eigenvalue weighted by Crippen LogP contribution is -2.31. The fraction of sp³-hybridized carbons (Fsp3) is 0.235. The quantitative estimate of drug-likeness (QED) is 0.731. The first-order chi connectivity index (χ1) is 11.4. The second-order valence-corrected chi connectivity index (χ2v) is 6.46. The second kappa shape index (κ2) is 7.70. The number of carbonyl (C=O) groups is 1. The lowest BCUT2D eigenvalue weighted by molar-refractivity contribution is -0.123. The van der Waals surface area contributed by atoms with Crippen molar-refractivity contribution in [3.05, 3.63) is 56.6 Å². The normalized spacial score (nSPS) is 15.2. The number of fused-ring (bicyclic) bond motifs is 1. The van der Waals surface area contributed by atoms with Crippen molar-refractivity contribution >= 4 is 41.5 Å². The van der Waals surface area contributed by atoms with E-state index in [1.54, 1.807) is 12.1 Å². The van der Waals surface area contributed by atoms with Crippen LogP contribution < -0.4 is 16.2 Å². The van der Waals surface area contributed by atoms with Crippen LogP contribution in [-0.4, -0.2) is 17.1 Å². The molecular weight excluding hydrogens is 387 g/mol. The van der Waals surface area contributed by atoms with Gasteiger partial charge in [0.25, 0.3) is 5.91 Å². The summed E-state index contributed by atoms with van der Waals surface area (Å²) in [6.45, 7) is 0.243. The fourth-order valence-electron chi connectivity index (χ4n) is 2.80. The molecule has 1 unspecified atom stereocenters. The Morgan fingerprint density at radius 1 is 1.24 bits per heavy atom. The number of phenolic OH excluding ortho intramolecular Hbond substituents is 1. The van der Waals surface area contributed by atoms with E-state index in [9.17, 15) is 9.90 Å². The van der Waals surface area contributed by atoms with E-state index >= 15 is 0 Å². The van der Waals surface area contributed by atoms with Gasteiger partial charge in [0.05, 0.1) is 5.02 Å². The summed E-state index contributed by atoms with van der Waals surface area (Å²) < 4.78 is 5.50. The number of ether oxygens (including phenoxy) is 1. The summed E-state index contributed by atoms with van der Waals surface area (Å²) >= 11 is 12.7. The first-order valence-electron chi connectivity index (χ1n) is 7.37. The van der Waals surface area contributed by atoms with Crippen LogP contribution >= 0.6 is 35.6 Å². The van der Waals surface area contributed by atoms with E-state index in [2.05, 4.69) is 0 Å². The fourth-order valence-corrected chi connectivity index (χ4v) is 3.30. The van der Waals surface area contributed by atoms with E-state index in [1.165, 1.54) is 0 Å². The van der Waals surface area contributed by atoms with Gasteiger partial charge in [-0.05, 0) is 23.6 Å². The van der Waals surface area contributed by atoms with E-state index in [-0.39, 0.29) is 29.7 Å². The van der Waals surface area contributed by atoms with Crippen molar-refractivity contribution in [1.82, 2.24) is 0 Å². The van der Waals surface area contributed by atoms with Gasteiger partial charge in [0.2, 0.25) is 0 Å². The first kappa shape index (κ1) is 19.7. The van der Waals surface area contributed by atoms with Crippen LogP contribution in [-0.2, 0) is 24.2 Å². The van der Waals surface area contributed by atoms with Gasteiger partial charge < -0.3 is 21.3 Å². The highest BCUT2D eigenvalue weighted by molar-refractivity contribution is 6.43. The van der Waals surface area contributed by atoms with Crippen molar-refractivity contribution in [3.8, 4) is 11.5 Å². The highest BCUT2D eigenvalue weighted by Gasteiger charge is 2.31. The highest BCUT2D eigenvalue weighted by Crippen LogP contribution is 2.43. The molecule has 1 aliphatic heterocycles. The Bertz CT molecular complexity index is 827. The molecule has 8 heteroatoms. The number of primary amides is 1. The standard InChI is InChI=1S/C17H16Cl2N2O3.ClH/c18-14-9(3-8-1-2-12(22)11(4-8)7-20)5-10-6-13(17(21)23)24-16(10)15(14)19;/h1-2,4-5,13,22H,3,6-7,20H2,(H2,21,23);1H. The largest absolute Gasteiger partial charge is 0.508 e. The van der Waals surface area contributed by atoms with E-state index in [0.717, 1.165) is 16.7 Å². The monoisotopic (exact) mass is 402 g/mol. The number of rotatable bonds is 4. The van der Waals surface area contributed by atoms with Gasteiger partial charge in [0, 0.05) is 24.1 Å². The molecule has 1 heterocycles. The maximum atomic E-state index is 11.3. The van der Waals surface area contributed by atoms with Gasteiger partial charge in [-0.25, -0.2) is 0 Å². The summed E-state index contributed by atoms with van der Waals surface area (Å²) in [5.41, 5.74) is 14.1. The number of benzene rings is 2. The highest BCUT2D eigenvalue weighted by atomic mass is 35.5. The van der Waals surface area contributed by atoms with Crippen molar-refractivity contribution in [3.63, 3.8) is 0 Å². The van der Waals surface area contributed by atoms with Gasteiger partial charge in [0.15, 0.2) is 6.10 Å². The van der Waals surface area contributed by atoms with Gasteiger partial charge in [-0.3, -0.25) is 4.79 Å². The molecule has 2 aromatic rings. The minimum Gasteiger partial charge on any atom is -0.508 e. The summed E-state index contributed by atoms with van der Waals surface area (Å²) in [5.74, 6) is 0.0469. The van der Waals surface area contributed by atoms with Crippen LogP contribution in [0.25, 0.3) is 0 Å². The van der Waals surface area contributed by atoms with Crippen LogP contribution in [0.15, 0.2) is 24.3 Å². The van der Waals surface area contributed by atoms with Gasteiger partial charge >= 0.3 is 0 Å². The number of carbonyl (C=O) groups excluding carboxylic acids is 1. The van der Waals surface area contributed by atoms with Crippen molar-refractivity contribution in [1.29, 1.82) is 0 Å². The summed E-state index contributed by atoms with van der Waals surface area (Å²) in [6, 6.07) is 7.11. The molecule has 1 atom stereocenters. The Morgan fingerprint density at radius 2 is 1.96 bits per heavy atom. The summed E-state index contributed by atoms with van der Waals surface area (Å²) in [7, 11) is 0. The molecule has 134 valence electrons. The molecule has 0 fully saturated rings. The van der Waals surface area contributed by atoms with Crippen LogP contribution in [0.1, 0.15) is 22.3 Å². The van der Waals surface area contributed by atoms with Crippen molar-refractivity contribution in [2.45, 2.75) is 25.5 Å². The zero-order valence-electron chi connectivity index (χ0n) is 13.1. The van der Waals surface area contributed by atoms with Gasteiger partial charge in [-0.1, -0.05) is 41.4 Å². The third-order valence-electron chi connectivity index (χ3n) is 4.06. The Hall–Kier alpha value is -1.66. The molecule has 0 bridgehead atoms. The van der Waals surface area contributed by atoms with Crippen molar-refractivity contribution in [2.24, 2.45) is 11.5 Å². The average Bonchev–Trinajstić information content (AvgIpc) is 2.98. The maximum absolute atomic E-state index is 11.3. The Balaban J connectivity index is 0.00000225. The zero-order valence-corrected chi connectivity index (χ0v) is 15.4. The lowest BCUT2D eigenvalue weighted by atomic mass is 9.99. The van der Waals surface area contributed by atoms with E-state index in [1.807, 2.05) is 12.1 Å². The predicted octanol–water partition coefficient (Wildman–Crippen LogP) is 2.96. The molecule has 0 saturated heterocycles. The van der Waals surface area contributed by atoms with Crippen LogP contribution in [0.3, 0.4) is 0 Å². The first-order valence-corrected chi connectivity index (χ1v) is 8.12. The molecule has 0 aliphatic carbocycles. The van der Waals surface area contributed by atoms with Crippen LogP contribution in [0.2, 0.25) is 10.0 Å². The number of nitrogens with two attached hydrogens (primary N) is 2. The van der Waals surface area contributed by atoms with E-state index < -0.39 is 12.0 Å². The lowest BCUT2D eigenvalue weighted by Gasteiger charge is -2.12. The Labute approximate surface area is 161 Å². The predicted molar refractivity (Wildman–Crippen MR) is 99.8 cm³/mol. The van der Waals surface area contributed by atoms with Crippen molar-refractivity contribution in [2.75, 3.05) is 0 Å². The van der Waals surface area contributed by atoms with Crippen LogP contribution in [0.4, 0.5) is 0 Å². The minimum atomic E-state index is -0.721. The molecule has 0 spiro atoms. The minimum absolute atomic E-state index is 0. The Kier molecular flexibility index (Phi) is 6.06. The molecule has 1 amide bonds. The molecule has 0 aromatic heterocycles. The van der Waals surface area contributed by atoms with Crippen LogP contribution in [0, 0.1) is 0 Å². The summed E-state index contributed by atoms with van der Waals surface area (Å²) in [4.78, 5) is 11.3. The molecule has 3 rings (SSSR count). The molecule has 5 nitrogen and oxygen atoms in total. The third-order valence-corrected chi connectivity index (χ3v) is 4.94. The molecule has 0 radical (unpaired) electrons. The number of phenols is 1. The van der Waals surface area contributed by atoms with Crippen molar-refractivity contribution < 1.29 is 14.6 Å². The molecular formula is C17H17Cl3N2O3. The number of amides is 1. The molecule has 5 N–H and O–H groups in total. The van der Waals surface area contributed by atoms with Gasteiger partial charge in [-0.15, -0.1) is 12.4 Å².